The summed E-state index contributed by atoms with van der Waals surface area (Å²) in [6, 6.07) is 9.32. The van der Waals surface area contributed by atoms with E-state index in [4.69, 9.17) is 5.11 Å². The van der Waals surface area contributed by atoms with Crippen molar-refractivity contribution in [3.05, 3.63) is 59.7 Å². The van der Waals surface area contributed by atoms with Crippen molar-refractivity contribution in [1.82, 2.24) is 0 Å². The highest BCUT2D eigenvalue weighted by atomic mass is 32.2. The molecule has 2 aromatic carbocycles. The molecular formula is C13H8F2O2S. The van der Waals surface area contributed by atoms with Crippen molar-refractivity contribution >= 4 is 17.7 Å². The van der Waals surface area contributed by atoms with Crippen LogP contribution in [0.3, 0.4) is 0 Å². The van der Waals surface area contributed by atoms with Gasteiger partial charge in [-0.3, -0.25) is 0 Å². The van der Waals surface area contributed by atoms with Crippen LogP contribution in [0.1, 0.15) is 10.4 Å². The van der Waals surface area contributed by atoms with Crippen molar-refractivity contribution < 1.29 is 18.7 Å². The van der Waals surface area contributed by atoms with Gasteiger partial charge in [0.05, 0.1) is 5.56 Å². The monoisotopic (exact) mass is 266 g/mol. The molecule has 0 spiro atoms. The van der Waals surface area contributed by atoms with Crippen molar-refractivity contribution in [3.63, 3.8) is 0 Å². The second-order valence-corrected chi connectivity index (χ2v) is 4.62. The summed E-state index contributed by atoms with van der Waals surface area (Å²) >= 11 is 1.11. The maximum atomic E-state index is 13.6. The van der Waals surface area contributed by atoms with Crippen LogP contribution in [0, 0.1) is 11.6 Å². The molecule has 0 saturated heterocycles. The molecule has 0 heterocycles. The second kappa shape index (κ2) is 5.18. The van der Waals surface area contributed by atoms with Crippen molar-refractivity contribution in [2.45, 2.75) is 9.79 Å². The van der Waals surface area contributed by atoms with Gasteiger partial charge in [-0.2, -0.15) is 0 Å². The van der Waals surface area contributed by atoms with Gasteiger partial charge in [0.1, 0.15) is 11.6 Å². The van der Waals surface area contributed by atoms with Gasteiger partial charge in [0, 0.05) is 9.79 Å². The molecule has 0 atom stereocenters. The molecule has 92 valence electrons. The minimum Gasteiger partial charge on any atom is -0.478 e. The van der Waals surface area contributed by atoms with E-state index in [1.54, 1.807) is 0 Å². The third-order valence-corrected chi connectivity index (χ3v) is 3.28. The highest BCUT2D eigenvalue weighted by molar-refractivity contribution is 7.99. The smallest absolute Gasteiger partial charge is 0.335 e. The fraction of sp³-hybridized carbons (Fsp3) is 0. The molecule has 2 nitrogen and oxygen atoms in total. The van der Waals surface area contributed by atoms with Crippen molar-refractivity contribution in [2.24, 2.45) is 0 Å². The molecule has 5 heteroatoms. The molecule has 0 saturated carbocycles. The molecule has 0 radical (unpaired) electrons. The van der Waals surface area contributed by atoms with Crippen LogP contribution in [-0.4, -0.2) is 11.1 Å². The summed E-state index contributed by atoms with van der Waals surface area (Å²) in [5.41, 5.74) is -0.101. The van der Waals surface area contributed by atoms with Gasteiger partial charge >= 0.3 is 5.97 Å². The van der Waals surface area contributed by atoms with Gasteiger partial charge in [-0.1, -0.05) is 11.8 Å². The van der Waals surface area contributed by atoms with E-state index in [1.807, 2.05) is 0 Å². The van der Waals surface area contributed by atoms with E-state index in [1.165, 1.54) is 36.4 Å². The Morgan fingerprint density at radius 2 is 1.72 bits per heavy atom. The predicted molar refractivity (Wildman–Crippen MR) is 63.9 cm³/mol. The van der Waals surface area contributed by atoms with Gasteiger partial charge in [0.2, 0.25) is 0 Å². The molecule has 0 aromatic heterocycles. The molecule has 0 bridgehead atoms. The summed E-state index contributed by atoms with van der Waals surface area (Å²) in [6.45, 7) is 0. The van der Waals surface area contributed by atoms with E-state index < -0.39 is 11.8 Å². The number of aromatic carboxylic acids is 1. The molecule has 0 fully saturated rings. The van der Waals surface area contributed by atoms with Gasteiger partial charge in [-0.15, -0.1) is 0 Å². The summed E-state index contributed by atoms with van der Waals surface area (Å²) in [4.78, 5) is 11.6. The molecule has 2 rings (SSSR count). The standard InChI is InChI=1S/C13H8F2O2S/c14-9-2-4-10(5-3-9)18-12-6-1-8(13(16)17)7-11(12)15/h1-7H,(H,16,17). The Hall–Kier alpha value is -1.88. The highest BCUT2D eigenvalue weighted by Gasteiger charge is 2.09. The molecule has 18 heavy (non-hydrogen) atoms. The maximum absolute atomic E-state index is 13.6. The zero-order valence-corrected chi connectivity index (χ0v) is 9.88. The summed E-state index contributed by atoms with van der Waals surface area (Å²) in [6.07, 6.45) is 0. The van der Waals surface area contributed by atoms with Gasteiger partial charge < -0.3 is 5.11 Å². The van der Waals surface area contributed by atoms with Gasteiger partial charge in [0.15, 0.2) is 0 Å². The van der Waals surface area contributed by atoms with Gasteiger partial charge in [0.25, 0.3) is 0 Å². The fourth-order valence-electron chi connectivity index (χ4n) is 1.35. The van der Waals surface area contributed by atoms with Crippen LogP contribution in [0.25, 0.3) is 0 Å². The Morgan fingerprint density at radius 3 is 2.28 bits per heavy atom. The normalized spacial score (nSPS) is 10.3. The average Bonchev–Trinajstić information content (AvgIpc) is 2.34. The van der Waals surface area contributed by atoms with E-state index in [2.05, 4.69) is 0 Å². The molecule has 0 aliphatic rings. The number of benzene rings is 2. The van der Waals surface area contributed by atoms with Crippen molar-refractivity contribution in [3.8, 4) is 0 Å². The molecule has 0 unspecified atom stereocenters. The van der Waals surface area contributed by atoms with E-state index in [0.717, 1.165) is 17.8 Å². The minimum absolute atomic E-state index is 0.101. The molecule has 0 aliphatic carbocycles. The summed E-state index contributed by atoms with van der Waals surface area (Å²) in [7, 11) is 0. The lowest BCUT2D eigenvalue weighted by atomic mass is 10.2. The van der Waals surface area contributed by atoms with Gasteiger partial charge in [-0.05, 0) is 42.5 Å². The van der Waals surface area contributed by atoms with Crippen LogP contribution >= 0.6 is 11.8 Å². The van der Waals surface area contributed by atoms with Crippen LogP contribution in [0.5, 0.6) is 0 Å². The number of carboxylic acids is 1. The van der Waals surface area contributed by atoms with Crippen molar-refractivity contribution in [2.75, 3.05) is 0 Å². The van der Waals surface area contributed by atoms with Gasteiger partial charge in [-0.25, -0.2) is 13.6 Å². The van der Waals surface area contributed by atoms with E-state index in [0.29, 0.717) is 9.79 Å². The quantitative estimate of drug-likeness (QED) is 0.917. The Bertz CT molecular complexity index is 582. The predicted octanol–water partition coefficient (Wildman–Crippen LogP) is 3.81. The van der Waals surface area contributed by atoms with Crippen LogP contribution in [-0.2, 0) is 0 Å². The van der Waals surface area contributed by atoms with Crippen molar-refractivity contribution in [1.29, 1.82) is 0 Å². The number of halogens is 2. The average molecular weight is 266 g/mol. The molecule has 0 aliphatic heterocycles. The van der Waals surface area contributed by atoms with E-state index in [9.17, 15) is 13.6 Å². The lowest BCUT2D eigenvalue weighted by molar-refractivity contribution is 0.0696. The fourth-order valence-corrected chi connectivity index (χ4v) is 2.16. The Balaban J connectivity index is 2.24. The first-order chi connectivity index (χ1) is 8.56. The summed E-state index contributed by atoms with van der Waals surface area (Å²) < 4.78 is 26.3. The summed E-state index contributed by atoms with van der Waals surface area (Å²) in [5.74, 6) is -2.14. The van der Waals surface area contributed by atoms with E-state index >= 15 is 0 Å². The Labute approximate surface area is 106 Å². The second-order valence-electron chi connectivity index (χ2n) is 3.51. The van der Waals surface area contributed by atoms with Crippen LogP contribution in [0.4, 0.5) is 8.78 Å². The number of hydrogen-bond donors (Lipinski definition) is 1. The highest BCUT2D eigenvalue weighted by Crippen LogP contribution is 2.30. The number of hydrogen-bond acceptors (Lipinski definition) is 2. The third kappa shape index (κ3) is 2.87. The molecular weight excluding hydrogens is 258 g/mol. The first-order valence-corrected chi connectivity index (χ1v) is 5.84. The zero-order valence-electron chi connectivity index (χ0n) is 9.06. The SMILES string of the molecule is O=C(O)c1ccc(Sc2ccc(F)cc2)c(F)c1. The Morgan fingerprint density at radius 1 is 1.06 bits per heavy atom. The first-order valence-electron chi connectivity index (χ1n) is 5.02. The third-order valence-electron chi connectivity index (χ3n) is 2.22. The summed E-state index contributed by atoms with van der Waals surface area (Å²) in [5, 5.41) is 8.71. The lowest BCUT2D eigenvalue weighted by Gasteiger charge is -2.04. The first kappa shape index (κ1) is 12.6. The number of carboxylic acid groups (broad SMARTS) is 1. The van der Waals surface area contributed by atoms with Crippen LogP contribution < -0.4 is 0 Å². The Kier molecular flexibility index (Phi) is 3.62. The largest absolute Gasteiger partial charge is 0.478 e. The van der Waals surface area contributed by atoms with Crippen LogP contribution in [0.15, 0.2) is 52.3 Å². The molecule has 1 N–H and O–H groups in total. The minimum atomic E-state index is -1.17. The zero-order chi connectivity index (χ0) is 13.1. The topological polar surface area (TPSA) is 37.3 Å². The molecule has 0 amide bonds. The number of rotatable bonds is 3. The lowest BCUT2D eigenvalue weighted by Crippen LogP contribution is -1.97. The van der Waals surface area contributed by atoms with E-state index in [-0.39, 0.29) is 11.4 Å². The number of carbonyl (C=O) groups is 1. The maximum Gasteiger partial charge on any atom is 0.335 e. The molecule has 2 aromatic rings. The van der Waals surface area contributed by atoms with Crippen LogP contribution in [0.2, 0.25) is 0 Å².